The van der Waals surface area contributed by atoms with Crippen molar-refractivity contribution in [2.24, 2.45) is 0 Å². The molecule has 0 atom stereocenters. The first kappa shape index (κ1) is 9.56. The van der Waals surface area contributed by atoms with E-state index in [2.05, 4.69) is 11.8 Å². The molecule has 2 N–H and O–H groups in total. The van der Waals surface area contributed by atoms with Gasteiger partial charge in [-0.2, -0.15) is 5.26 Å². The highest BCUT2D eigenvalue weighted by molar-refractivity contribution is 5.67. The molecule has 68 valence electrons. The fourth-order valence-electron chi connectivity index (χ4n) is 0.961. The summed E-state index contributed by atoms with van der Waals surface area (Å²) in [7, 11) is 0. The molecule has 0 fully saturated rings. The molecule has 0 aliphatic carbocycles. The third-order valence-corrected chi connectivity index (χ3v) is 1.50. The van der Waals surface area contributed by atoms with Crippen LogP contribution in [0.3, 0.4) is 0 Å². The smallest absolute Gasteiger partial charge is 0.307 e. The molecule has 0 unspecified atom stereocenters. The van der Waals surface area contributed by atoms with Crippen LogP contribution >= 0.6 is 0 Å². The van der Waals surface area contributed by atoms with Crippen molar-refractivity contribution >= 4 is 11.4 Å². The van der Waals surface area contributed by atoms with E-state index in [1.54, 1.807) is 12.1 Å². The standard InChI is InChI=1S/C9H5N3O2/c10-6-2-4-7-3-1-5-8(11)9(7)12(13)14/h1,3,5H,11H2. The van der Waals surface area contributed by atoms with Crippen LogP contribution in [0.2, 0.25) is 0 Å². The van der Waals surface area contributed by atoms with Crippen LogP contribution in [0.4, 0.5) is 11.4 Å². The number of nitro groups is 1. The van der Waals surface area contributed by atoms with Gasteiger partial charge in [0.05, 0.1) is 4.92 Å². The SMILES string of the molecule is N#CC#Cc1cccc(N)c1[N+](=O)[O-]. The molecule has 5 nitrogen and oxygen atoms in total. The Bertz CT molecular complexity index is 477. The van der Waals surface area contributed by atoms with E-state index < -0.39 is 4.92 Å². The van der Waals surface area contributed by atoms with Crippen LogP contribution < -0.4 is 5.73 Å². The lowest BCUT2D eigenvalue weighted by Gasteiger charge is -1.97. The molecule has 0 amide bonds. The molecule has 0 heterocycles. The van der Waals surface area contributed by atoms with Crippen LogP contribution in [-0.4, -0.2) is 4.92 Å². The Hall–Kier alpha value is -2.53. The zero-order valence-corrected chi connectivity index (χ0v) is 7.02. The molecule has 5 heteroatoms. The molecular formula is C9H5N3O2. The van der Waals surface area contributed by atoms with Gasteiger partial charge in [0.1, 0.15) is 11.3 Å². The number of benzene rings is 1. The van der Waals surface area contributed by atoms with Gasteiger partial charge >= 0.3 is 5.69 Å². The summed E-state index contributed by atoms with van der Waals surface area (Å²) < 4.78 is 0. The van der Waals surface area contributed by atoms with E-state index in [0.29, 0.717) is 0 Å². The van der Waals surface area contributed by atoms with E-state index in [-0.39, 0.29) is 16.9 Å². The van der Waals surface area contributed by atoms with E-state index in [9.17, 15) is 10.1 Å². The summed E-state index contributed by atoms with van der Waals surface area (Å²) >= 11 is 0. The summed E-state index contributed by atoms with van der Waals surface area (Å²) in [6.07, 6.45) is 0. The number of anilines is 1. The van der Waals surface area contributed by atoms with Gasteiger partial charge in [0, 0.05) is 5.92 Å². The number of para-hydroxylation sites is 1. The zero-order valence-electron chi connectivity index (χ0n) is 7.02. The van der Waals surface area contributed by atoms with Gasteiger partial charge in [0.25, 0.3) is 0 Å². The third kappa shape index (κ3) is 1.79. The van der Waals surface area contributed by atoms with Gasteiger partial charge in [-0.05, 0) is 18.1 Å². The third-order valence-electron chi connectivity index (χ3n) is 1.50. The molecule has 0 aromatic heterocycles. The Morgan fingerprint density at radius 2 is 2.21 bits per heavy atom. The molecular weight excluding hydrogens is 182 g/mol. The van der Waals surface area contributed by atoms with Crippen LogP contribution in [0.15, 0.2) is 18.2 Å². The molecule has 14 heavy (non-hydrogen) atoms. The van der Waals surface area contributed by atoms with Crippen molar-refractivity contribution in [1.29, 1.82) is 5.26 Å². The number of nitro benzene ring substituents is 1. The molecule has 1 aromatic rings. The first-order valence-electron chi connectivity index (χ1n) is 3.60. The average molecular weight is 187 g/mol. The highest BCUT2D eigenvalue weighted by atomic mass is 16.6. The van der Waals surface area contributed by atoms with Crippen molar-refractivity contribution in [1.82, 2.24) is 0 Å². The molecule has 1 aromatic carbocycles. The van der Waals surface area contributed by atoms with Crippen molar-refractivity contribution in [2.75, 3.05) is 5.73 Å². The topological polar surface area (TPSA) is 93.0 Å². The summed E-state index contributed by atoms with van der Waals surface area (Å²) in [5.41, 5.74) is 5.34. The fourth-order valence-corrected chi connectivity index (χ4v) is 0.961. The summed E-state index contributed by atoms with van der Waals surface area (Å²) in [6, 6.07) is 5.98. The van der Waals surface area contributed by atoms with Crippen molar-refractivity contribution < 1.29 is 4.92 Å². The number of nitrogen functional groups attached to an aromatic ring is 1. The van der Waals surface area contributed by atoms with Gasteiger partial charge in [-0.1, -0.05) is 6.07 Å². The van der Waals surface area contributed by atoms with Gasteiger partial charge in [-0.3, -0.25) is 10.1 Å². The van der Waals surface area contributed by atoms with Crippen LogP contribution in [-0.2, 0) is 0 Å². The average Bonchev–Trinajstić information content (AvgIpc) is 2.14. The van der Waals surface area contributed by atoms with Gasteiger partial charge < -0.3 is 5.73 Å². The lowest BCUT2D eigenvalue weighted by atomic mass is 10.1. The molecule has 0 spiro atoms. The van der Waals surface area contributed by atoms with Crippen LogP contribution in [0.5, 0.6) is 0 Å². The maximum Gasteiger partial charge on any atom is 0.307 e. The Kier molecular flexibility index (Phi) is 2.68. The highest BCUT2D eigenvalue weighted by Gasteiger charge is 2.15. The quantitative estimate of drug-likeness (QED) is 0.308. The first-order valence-corrected chi connectivity index (χ1v) is 3.60. The second kappa shape index (κ2) is 3.92. The van der Waals surface area contributed by atoms with E-state index in [4.69, 9.17) is 11.0 Å². The maximum absolute atomic E-state index is 10.6. The molecule has 0 saturated carbocycles. The Balaban J connectivity index is 3.37. The molecule has 0 saturated heterocycles. The number of nitrogens with zero attached hydrogens (tertiary/aromatic N) is 2. The number of rotatable bonds is 1. The number of nitriles is 1. The van der Waals surface area contributed by atoms with Crippen LogP contribution in [0.1, 0.15) is 5.56 Å². The number of hydrogen-bond donors (Lipinski definition) is 1. The minimum atomic E-state index is -0.614. The van der Waals surface area contributed by atoms with Crippen LogP contribution in [0.25, 0.3) is 0 Å². The molecule has 0 aliphatic rings. The van der Waals surface area contributed by atoms with Gasteiger partial charge in [0.2, 0.25) is 0 Å². The van der Waals surface area contributed by atoms with Crippen molar-refractivity contribution in [2.45, 2.75) is 0 Å². The first-order chi connectivity index (χ1) is 6.66. The predicted octanol–water partition coefficient (Wildman–Crippen LogP) is 1.05. The summed E-state index contributed by atoms with van der Waals surface area (Å²) in [6.45, 7) is 0. The molecule has 1 rings (SSSR count). The van der Waals surface area contributed by atoms with Crippen LogP contribution in [0, 0.1) is 33.3 Å². The fraction of sp³-hybridized carbons (Fsp3) is 0. The van der Waals surface area contributed by atoms with Gasteiger partial charge in [-0.25, -0.2) is 0 Å². The number of hydrogen-bond acceptors (Lipinski definition) is 4. The van der Waals surface area contributed by atoms with Gasteiger partial charge in [-0.15, -0.1) is 0 Å². The second-order valence-corrected chi connectivity index (χ2v) is 2.36. The normalized spacial score (nSPS) is 8.21. The van der Waals surface area contributed by atoms with Crippen molar-refractivity contribution in [3.63, 3.8) is 0 Å². The predicted molar refractivity (Wildman–Crippen MR) is 50.0 cm³/mol. The lowest BCUT2D eigenvalue weighted by Crippen LogP contribution is -1.97. The highest BCUT2D eigenvalue weighted by Crippen LogP contribution is 2.24. The van der Waals surface area contributed by atoms with E-state index in [0.717, 1.165) is 0 Å². The van der Waals surface area contributed by atoms with E-state index in [1.807, 2.05) is 0 Å². The minimum absolute atomic E-state index is 0.0414. The zero-order chi connectivity index (χ0) is 10.6. The lowest BCUT2D eigenvalue weighted by molar-refractivity contribution is -0.384. The van der Waals surface area contributed by atoms with E-state index >= 15 is 0 Å². The van der Waals surface area contributed by atoms with E-state index in [1.165, 1.54) is 12.1 Å². The van der Waals surface area contributed by atoms with Crippen molar-refractivity contribution in [3.8, 4) is 17.9 Å². The Morgan fingerprint density at radius 3 is 2.79 bits per heavy atom. The van der Waals surface area contributed by atoms with Gasteiger partial charge in [0.15, 0.2) is 6.07 Å². The summed E-state index contributed by atoms with van der Waals surface area (Å²) in [5, 5.41) is 18.8. The second-order valence-electron chi connectivity index (χ2n) is 2.36. The maximum atomic E-state index is 10.6. The largest absolute Gasteiger partial charge is 0.393 e. The van der Waals surface area contributed by atoms with Crippen molar-refractivity contribution in [3.05, 3.63) is 33.9 Å². The molecule has 0 bridgehead atoms. The number of nitrogens with two attached hydrogens (primary N) is 1. The Morgan fingerprint density at radius 1 is 1.50 bits per heavy atom. The molecule has 0 aliphatic heterocycles. The summed E-state index contributed by atoms with van der Waals surface area (Å²) in [5.74, 6) is 4.43. The minimum Gasteiger partial charge on any atom is -0.393 e. The Labute approximate surface area is 79.9 Å². The summed E-state index contributed by atoms with van der Waals surface area (Å²) in [4.78, 5) is 9.97. The molecule has 0 radical (unpaired) electrons. The monoisotopic (exact) mass is 187 g/mol.